The molecule has 1 N–H and O–H groups in total. The molecule has 1 fully saturated rings. The first-order valence-corrected chi connectivity index (χ1v) is 11.4. The van der Waals surface area contributed by atoms with Gasteiger partial charge in [-0.3, -0.25) is 4.79 Å². The maximum atomic E-state index is 13.2. The van der Waals surface area contributed by atoms with Crippen LogP contribution in [0.5, 0.6) is 0 Å². The number of aryl methyl sites for hydroxylation is 1. The molecule has 8 heteroatoms. The van der Waals surface area contributed by atoms with Gasteiger partial charge in [-0.25, -0.2) is 0 Å². The molecule has 0 radical (unpaired) electrons. The molecule has 0 bridgehead atoms. The van der Waals surface area contributed by atoms with Crippen LogP contribution in [0.1, 0.15) is 29.0 Å². The lowest BCUT2D eigenvalue weighted by Crippen LogP contribution is -2.44. The number of hydrogen-bond acceptors (Lipinski definition) is 5. The molecular formula is C22H21N3O4S. The number of rotatable bonds is 2. The van der Waals surface area contributed by atoms with Crippen LogP contribution < -0.4 is 5.32 Å². The molecule has 5 rings (SSSR count). The Morgan fingerprint density at radius 2 is 1.93 bits per heavy atom. The van der Waals surface area contributed by atoms with Crippen molar-refractivity contribution in [2.75, 3.05) is 18.4 Å². The Bertz CT molecular complexity index is 1290. The fourth-order valence-corrected chi connectivity index (χ4v) is 5.42. The topological polar surface area (TPSA) is 92.0 Å². The fourth-order valence-electron chi connectivity index (χ4n) is 4.22. The summed E-state index contributed by atoms with van der Waals surface area (Å²) < 4.78 is 35.0. The zero-order valence-corrected chi connectivity index (χ0v) is 17.3. The van der Waals surface area contributed by atoms with E-state index in [1.807, 2.05) is 31.2 Å². The second kappa shape index (κ2) is 6.98. The number of benzene rings is 2. The number of nitrogens with one attached hydrogen (secondary N) is 1. The molecule has 2 aliphatic rings. The van der Waals surface area contributed by atoms with Crippen LogP contribution in [0.4, 0.5) is 5.69 Å². The van der Waals surface area contributed by atoms with Crippen LogP contribution in [0, 0.1) is 12.8 Å². The van der Waals surface area contributed by atoms with E-state index in [4.69, 9.17) is 4.42 Å². The van der Waals surface area contributed by atoms with E-state index in [1.54, 1.807) is 29.2 Å². The smallest absolute Gasteiger partial charge is 0.289 e. The number of para-hydroxylation sites is 2. The Kier molecular flexibility index (Phi) is 4.39. The number of sulfonamides is 1. The van der Waals surface area contributed by atoms with E-state index in [9.17, 15) is 13.2 Å². The number of carbonyl (C=O) groups excluding carboxylic acids is 1. The fraction of sp³-hybridized carbons (Fsp3) is 0.273. The van der Waals surface area contributed by atoms with E-state index in [0.29, 0.717) is 36.0 Å². The quantitative estimate of drug-likeness (QED) is 0.677. The minimum atomic E-state index is -3.75. The Labute approximate surface area is 174 Å². The number of carbonyl (C=O) groups is 1. The lowest BCUT2D eigenvalue weighted by atomic mass is 9.96. The summed E-state index contributed by atoms with van der Waals surface area (Å²) in [5, 5.41) is 4.09. The van der Waals surface area contributed by atoms with Gasteiger partial charge in [0.05, 0.1) is 5.69 Å². The highest BCUT2D eigenvalue weighted by atomic mass is 32.2. The number of piperidine rings is 1. The predicted molar refractivity (Wildman–Crippen MR) is 114 cm³/mol. The van der Waals surface area contributed by atoms with Gasteiger partial charge < -0.3 is 14.6 Å². The van der Waals surface area contributed by atoms with Crippen molar-refractivity contribution >= 4 is 38.4 Å². The number of anilines is 1. The number of amides is 1. The summed E-state index contributed by atoms with van der Waals surface area (Å²) in [5.41, 5.74) is 2.04. The zero-order valence-electron chi connectivity index (χ0n) is 16.5. The van der Waals surface area contributed by atoms with Crippen LogP contribution in [0.3, 0.4) is 0 Å². The first kappa shape index (κ1) is 18.9. The van der Waals surface area contributed by atoms with Crippen LogP contribution >= 0.6 is 0 Å². The Balaban J connectivity index is 1.42. The Hall–Kier alpha value is -3.13. The number of furan rings is 1. The Morgan fingerprint density at radius 3 is 2.77 bits per heavy atom. The van der Waals surface area contributed by atoms with Crippen LogP contribution in [0.15, 0.2) is 62.2 Å². The molecule has 1 aromatic heterocycles. The highest BCUT2D eigenvalue weighted by molar-refractivity contribution is 7.90. The standard InChI is InChI=1S/C22H21N3O4S/c1-14-16-8-2-4-10-18(16)29-20(14)22(26)25-12-6-7-15(13-25)21-23-17-9-3-5-11-19(17)30(27,28)24-21/h2-5,8-11,15H,6-7,12-13H2,1H3,(H,23,24). The lowest BCUT2D eigenvalue weighted by Gasteiger charge is -2.34. The first-order valence-electron chi connectivity index (χ1n) is 9.92. The summed E-state index contributed by atoms with van der Waals surface area (Å²) in [6.45, 7) is 2.87. The first-order chi connectivity index (χ1) is 14.4. The minimum Gasteiger partial charge on any atom is -0.451 e. The van der Waals surface area contributed by atoms with Crippen molar-refractivity contribution in [3.05, 3.63) is 59.9 Å². The summed E-state index contributed by atoms with van der Waals surface area (Å²) in [6.07, 6.45) is 1.52. The molecular weight excluding hydrogens is 402 g/mol. The van der Waals surface area contributed by atoms with Crippen molar-refractivity contribution in [2.45, 2.75) is 24.7 Å². The molecule has 3 aromatic rings. The molecule has 2 aromatic carbocycles. The van der Waals surface area contributed by atoms with Gasteiger partial charge in [-0.05, 0) is 38.0 Å². The van der Waals surface area contributed by atoms with Crippen LogP contribution in [-0.4, -0.2) is 38.2 Å². The maximum absolute atomic E-state index is 13.2. The molecule has 154 valence electrons. The molecule has 30 heavy (non-hydrogen) atoms. The van der Waals surface area contributed by atoms with Crippen molar-refractivity contribution in [2.24, 2.45) is 10.3 Å². The van der Waals surface area contributed by atoms with E-state index < -0.39 is 10.0 Å². The van der Waals surface area contributed by atoms with Gasteiger partial charge in [0.2, 0.25) is 0 Å². The van der Waals surface area contributed by atoms with Crippen molar-refractivity contribution in [3.8, 4) is 0 Å². The molecule has 1 atom stereocenters. The van der Waals surface area contributed by atoms with Gasteiger partial charge in [-0.2, -0.15) is 8.42 Å². The summed E-state index contributed by atoms with van der Waals surface area (Å²) in [4.78, 5) is 15.1. The molecule has 7 nitrogen and oxygen atoms in total. The predicted octanol–water partition coefficient (Wildman–Crippen LogP) is 3.81. The normalized spacial score (nSPS) is 20.4. The molecule has 1 saturated heterocycles. The molecule has 1 unspecified atom stereocenters. The largest absolute Gasteiger partial charge is 0.451 e. The summed E-state index contributed by atoms with van der Waals surface area (Å²) in [7, 11) is -3.75. The van der Waals surface area contributed by atoms with Gasteiger partial charge in [-0.15, -0.1) is 4.40 Å². The van der Waals surface area contributed by atoms with Gasteiger partial charge in [0.25, 0.3) is 15.9 Å². The number of nitrogens with zero attached hydrogens (tertiary/aromatic N) is 2. The van der Waals surface area contributed by atoms with Crippen molar-refractivity contribution in [3.63, 3.8) is 0 Å². The van der Waals surface area contributed by atoms with Gasteiger partial charge in [0.15, 0.2) is 5.76 Å². The Morgan fingerprint density at radius 1 is 1.17 bits per heavy atom. The van der Waals surface area contributed by atoms with Gasteiger partial charge in [0.1, 0.15) is 16.3 Å². The van der Waals surface area contributed by atoms with E-state index in [2.05, 4.69) is 9.71 Å². The number of amidine groups is 1. The van der Waals surface area contributed by atoms with Gasteiger partial charge >= 0.3 is 0 Å². The summed E-state index contributed by atoms with van der Waals surface area (Å²) >= 11 is 0. The third-order valence-electron chi connectivity index (χ3n) is 5.78. The van der Waals surface area contributed by atoms with Crippen molar-refractivity contribution < 1.29 is 17.6 Å². The third kappa shape index (κ3) is 3.08. The number of fused-ring (bicyclic) bond motifs is 2. The second-order valence-corrected chi connectivity index (χ2v) is 9.29. The molecule has 2 aliphatic heterocycles. The number of hydrogen-bond donors (Lipinski definition) is 1. The molecule has 1 amide bonds. The van der Waals surface area contributed by atoms with Crippen molar-refractivity contribution in [1.82, 2.24) is 4.90 Å². The second-order valence-electron chi connectivity index (χ2n) is 7.72. The van der Waals surface area contributed by atoms with E-state index in [-0.39, 0.29) is 16.7 Å². The average Bonchev–Trinajstić information content (AvgIpc) is 3.09. The maximum Gasteiger partial charge on any atom is 0.289 e. The summed E-state index contributed by atoms with van der Waals surface area (Å²) in [6, 6.07) is 14.3. The lowest BCUT2D eigenvalue weighted by molar-refractivity contribution is 0.0672. The highest BCUT2D eigenvalue weighted by Gasteiger charge is 2.34. The molecule has 0 aliphatic carbocycles. The highest BCUT2D eigenvalue weighted by Crippen LogP contribution is 2.31. The zero-order chi connectivity index (χ0) is 20.9. The third-order valence-corrected chi connectivity index (χ3v) is 7.13. The van der Waals surface area contributed by atoms with Gasteiger partial charge in [0, 0.05) is 30.0 Å². The van der Waals surface area contributed by atoms with Crippen LogP contribution in [0.2, 0.25) is 0 Å². The van der Waals surface area contributed by atoms with Crippen LogP contribution in [-0.2, 0) is 10.0 Å². The van der Waals surface area contributed by atoms with E-state index >= 15 is 0 Å². The average molecular weight is 423 g/mol. The van der Waals surface area contributed by atoms with Gasteiger partial charge in [-0.1, -0.05) is 30.3 Å². The monoisotopic (exact) mass is 423 g/mol. The van der Waals surface area contributed by atoms with Crippen LogP contribution in [0.25, 0.3) is 11.0 Å². The molecule has 0 saturated carbocycles. The summed E-state index contributed by atoms with van der Waals surface area (Å²) in [5.74, 6) is 0.379. The molecule has 3 heterocycles. The number of likely N-dealkylation sites (tertiary alicyclic amines) is 1. The van der Waals surface area contributed by atoms with E-state index in [1.165, 1.54) is 0 Å². The minimum absolute atomic E-state index is 0.173. The molecule has 0 spiro atoms. The SMILES string of the molecule is Cc1c(C(=O)N2CCCC(C3=NS(=O)(=O)c4ccccc4N3)C2)oc2ccccc12. The van der Waals surface area contributed by atoms with Crippen molar-refractivity contribution in [1.29, 1.82) is 0 Å². The van der Waals surface area contributed by atoms with E-state index in [0.717, 1.165) is 23.8 Å².